The van der Waals surface area contributed by atoms with E-state index in [2.05, 4.69) is 12.2 Å². The van der Waals surface area contributed by atoms with Gasteiger partial charge in [0.1, 0.15) is 5.78 Å². The van der Waals surface area contributed by atoms with Crippen LogP contribution < -0.4 is 5.32 Å². The molecule has 0 spiro atoms. The highest BCUT2D eigenvalue weighted by Crippen LogP contribution is 2.23. The van der Waals surface area contributed by atoms with Crippen molar-refractivity contribution in [3.05, 3.63) is 0 Å². The summed E-state index contributed by atoms with van der Waals surface area (Å²) in [4.78, 5) is 24.7. The van der Waals surface area contributed by atoms with Crippen LogP contribution in [0.25, 0.3) is 0 Å². The molecule has 1 aliphatic heterocycles. The lowest BCUT2D eigenvalue weighted by Crippen LogP contribution is -2.40. The molecule has 2 rings (SSSR count). The Labute approximate surface area is 90.0 Å². The number of carbonyl (C=O) groups excluding carboxylic acids is 2. The van der Waals surface area contributed by atoms with Crippen molar-refractivity contribution < 1.29 is 9.59 Å². The summed E-state index contributed by atoms with van der Waals surface area (Å²) in [5, 5.41) is 2.96. The highest BCUT2D eigenvalue weighted by Gasteiger charge is 2.34. The van der Waals surface area contributed by atoms with Crippen LogP contribution in [0.2, 0.25) is 0 Å². The summed E-state index contributed by atoms with van der Waals surface area (Å²) >= 11 is 0. The van der Waals surface area contributed by atoms with E-state index in [0.717, 1.165) is 25.8 Å². The molecular weight excluding hydrogens is 192 g/mol. The molecule has 0 radical (unpaired) electrons. The number of nitrogens with one attached hydrogen (secondary N) is 1. The van der Waals surface area contributed by atoms with E-state index in [-0.39, 0.29) is 6.03 Å². The van der Waals surface area contributed by atoms with Crippen molar-refractivity contribution in [1.29, 1.82) is 0 Å². The van der Waals surface area contributed by atoms with Gasteiger partial charge in [-0.2, -0.15) is 0 Å². The van der Waals surface area contributed by atoms with Gasteiger partial charge >= 0.3 is 6.03 Å². The minimum absolute atomic E-state index is 0.0567. The first-order chi connectivity index (χ1) is 7.20. The molecule has 84 valence electrons. The number of hydrogen-bond donors (Lipinski definition) is 1. The third kappa shape index (κ3) is 2.13. The predicted octanol–water partition coefficient (Wildman–Crippen LogP) is 1.30. The first-order valence-corrected chi connectivity index (χ1v) is 5.79. The average Bonchev–Trinajstić information content (AvgIpc) is 2.61. The summed E-state index contributed by atoms with van der Waals surface area (Å²) in [6.07, 6.45) is 3.97. The van der Waals surface area contributed by atoms with Crippen molar-refractivity contribution in [2.24, 2.45) is 0 Å². The quantitative estimate of drug-likeness (QED) is 0.747. The Bertz CT molecular complexity index is 268. The van der Waals surface area contributed by atoms with Crippen molar-refractivity contribution in [2.45, 2.75) is 51.1 Å². The molecule has 2 aliphatic rings. The van der Waals surface area contributed by atoms with E-state index >= 15 is 0 Å². The molecule has 0 aromatic rings. The van der Waals surface area contributed by atoms with Gasteiger partial charge in [-0.15, -0.1) is 0 Å². The van der Waals surface area contributed by atoms with Crippen LogP contribution in [0.1, 0.15) is 39.0 Å². The number of Topliss-reactive ketones (excluding diaryl/α,β-unsaturated/α-hetero) is 1. The first kappa shape index (κ1) is 10.5. The molecule has 0 aromatic heterocycles. The highest BCUT2D eigenvalue weighted by atomic mass is 16.2. The van der Waals surface area contributed by atoms with Gasteiger partial charge in [-0.05, 0) is 19.3 Å². The number of hydrogen-bond acceptors (Lipinski definition) is 2. The zero-order valence-electron chi connectivity index (χ0n) is 9.16. The van der Waals surface area contributed by atoms with Crippen LogP contribution in [0.5, 0.6) is 0 Å². The maximum absolute atomic E-state index is 11.7. The summed E-state index contributed by atoms with van der Waals surface area (Å²) in [7, 11) is 0. The molecule has 0 bridgehead atoms. The molecule has 1 saturated carbocycles. The number of ketones is 1. The monoisotopic (exact) mass is 210 g/mol. The van der Waals surface area contributed by atoms with E-state index in [4.69, 9.17) is 0 Å². The fourth-order valence-corrected chi connectivity index (χ4v) is 2.41. The molecule has 2 fully saturated rings. The summed E-state index contributed by atoms with van der Waals surface area (Å²) in [5.41, 5.74) is 0. The van der Waals surface area contributed by atoms with Gasteiger partial charge in [0.2, 0.25) is 0 Å². The molecule has 1 N–H and O–H groups in total. The molecule has 0 aromatic carbocycles. The molecule has 15 heavy (non-hydrogen) atoms. The molecule has 1 unspecified atom stereocenters. The lowest BCUT2D eigenvalue weighted by atomic mass is 9.93. The second kappa shape index (κ2) is 4.21. The smallest absolute Gasteiger partial charge is 0.317 e. The van der Waals surface area contributed by atoms with Crippen LogP contribution >= 0.6 is 0 Å². The largest absolute Gasteiger partial charge is 0.333 e. The normalized spacial score (nSPS) is 28.3. The molecule has 1 atom stereocenters. The van der Waals surface area contributed by atoms with E-state index in [1.807, 2.05) is 4.90 Å². The number of rotatable bonds is 2. The number of urea groups is 1. The van der Waals surface area contributed by atoms with Crippen molar-refractivity contribution in [3.8, 4) is 0 Å². The van der Waals surface area contributed by atoms with Gasteiger partial charge in [0, 0.05) is 31.5 Å². The lowest BCUT2D eigenvalue weighted by molar-refractivity contribution is -0.121. The molecule has 1 heterocycles. The van der Waals surface area contributed by atoms with E-state index in [1.54, 1.807) is 0 Å². The third-order valence-corrected chi connectivity index (χ3v) is 3.45. The molecule has 1 aliphatic carbocycles. The van der Waals surface area contributed by atoms with E-state index in [0.29, 0.717) is 30.7 Å². The van der Waals surface area contributed by atoms with Crippen LogP contribution in [-0.4, -0.2) is 35.3 Å². The minimum Gasteiger partial charge on any atom is -0.333 e. The summed E-state index contributed by atoms with van der Waals surface area (Å²) in [5.74, 6) is 0.345. The summed E-state index contributed by atoms with van der Waals surface area (Å²) in [6.45, 7) is 2.90. The minimum atomic E-state index is 0.0567. The zero-order chi connectivity index (χ0) is 10.8. The van der Waals surface area contributed by atoms with Gasteiger partial charge in [-0.3, -0.25) is 4.79 Å². The Hall–Kier alpha value is -1.06. The van der Waals surface area contributed by atoms with Gasteiger partial charge in [0.25, 0.3) is 0 Å². The fraction of sp³-hybridized carbons (Fsp3) is 0.818. The molecule has 1 saturated heterocycles. The molecule has 4 nitrogen and oxygen atoms in total. The standard InChI is InChI=1S/C11H18N2O2/c1-2-8-7-13(11(15)12-8)9-3-5-10(14)6-4-9/h8-9H,2-7H2,1H3,(H,12,15). The zero-order valence-corrected chi connectivity index (χ0v) is 9.16. The van der Waals surface area contributed by atoms with Gasteiger partial charge in [0.05, 0.1) is 0 Å². The SMILES string of the molecule is CCC1CN(C2CCC(=O)CC2)C(=O)N1. The third-order valence-electron chi connectivity index (χ3n) is 3.45. The Balaban J connectivity index is 1.93. The van der Waals surface area contributed by atoms with Crippen LogP contribution in [-0.2, 0) is 4.79 Å². The molecular formula is C11H18N2O2. The van der Waals surface area contributed by atoms with Crippen LogP contribution in [0, 0.1) is 0 Å². The second-order valence-electron chi connectivity index (χ2n) is 4.48. The van der Waals surface area contributed by atoms with E-state index in [1.165, 1.54) is 0 Å². The summed E-state index contributed by atoms with van der Waals surface area (Å²) in [6, 6.07) is 0.649. The van der Waals surface area contributed by atoms with Crippen molar-refractivity contribution in [3.63, 3.8) is 0 Å². The number of nitrogens with zero attached hydrogens (tertiary/aromatic N) is 1. The summed E-state index contributed by atoms with van der Waals surface area (Å²) < 4.78 is 0. The van der Waals surface area contributed by atoms with Crippen LogP contribution in [0.4, 0.5) is 4.79 Å². The second-order valence-corrected chi connectivity index (χ2v) is 4.48. The van der Waals surface area contributed by atoms with Crippen LogP contribution in [0.15, 0.2) is 0 Å². The Kier molecular flexibility index (Phi) is 2.93. The maximum atomic E-state index is 11.7. The van der Waals surface area contributed by atoms with Gasteiger partial charge in [0.15, 0.2) is 0 Å². The lowest BCUT2D eigenvalue weighted by Gasteiger charge is -2.29. The number of amides is 2. The fourth-order valence-electron chi connectivity index (χ4n) is 2.41. The average molecular weight is 210 g/mol. The van der Waals surface area contributed by atoms with E-state index in [9.17, 15) is 9.59 Å². The number of carbonyl (C=O) groups is 2. The highest BCUT2D eigenvalue weighted by molar-refractivity contribution is 5.80. The molecule has 4 heteroatoms. The predicted molar refractivity (Wildman–Crippen MR) is 56.6 cm³/mol. The Morgan fingerprint density at radius 3 is 2.53 bits per heavy atom. The topological polar surface area (TPSA) is 49.4 Å². The van der Waals surface area contributed by atoms with Gasteiger partial charge in [-0.25, -0.2) is 4.79 Å². The maximum Gasteiger partial charge on any atom is 0.317 e. The van der Waals surface area contributed by atoms with Gasteiger partial charge < -0.3 is 10.2 Å². The Morgan fingerprint density at radius 2 is 2.00 bits per heavy atom. The van der Waals surface area contributed by atoms with Gasteiger partial charge in [-0.1, -0.05) is 6.92 Å². The Morgan fingerprint density at radius 1 is 1.33 bits per heavy atom. The van der Waals surface area contributed by atoms with Crippen molar-refractivity contribution in [2.75, 3.05) is 6.54 Å². The van der Waals surface area contributed by atoms with Crippen LogP contribution in [0.3, 0.4) is 0 Å². The first-order valence-electron chi connectivity index (χ1n) is 5.79. The van der Waals surface area contributed by atoms with Crippen molar-refractivity contribution >= 4 is 11.8 Å². The van der Waals surface area contributed by atoms with Crippen molar-refractivity contribution in [1.82, 2.24) is 10.2 Å². The van der Waals surface area contributed by atoms with E-state index < -0.39 is 0 Å². The molecule has 2 amide bonds.